The summed E-state index contributed by atoms with van der Waals surface area (Å²) < 4.78 is 0. The zero-order valence-corrected chi connectivity index (χ0v) is 8.49. The molecular weight excluding hydrogens is 190 g/mol. The van der Waals surface area contributed by atoms with E-state index in [1.54, 1.807) is 0 Å². The second kappa shape index (κ2) is 4.10. The van der Waals surface area contributed by atoms with Crippen LogP contribution in [0.2, 0.25) is 0 Å². The van der Waals surface area contributed by atoms with E-state index < -0.39 is 0 Å². The Morgan fingerprint density at radius 1 is 1.53 bits per heavy atom. The van der Waals surface area contributed by atoms with Crippen LogP contribution in [0, 0.1) is 0 Å². The van der Waals surface area contributed by atoms with Gasteiger partial charge >= 0.3 is 0 Å². The number of aromatic amines is 1. The molecule has 4 N–H and O–H groups in total. The molecule has 2 rings (SSSR count). The molecule has 78 valence electrons. The van der Waals surface area contributed by atoms with E-state index >= 15 is 0 Å². The van der Waals surface area contributed by atoms with E-state index in [0.717, 1.165) is 23.1 Å². The Kier molecular flexibility index (Phi) is 2.64. The maximum absolute atomic E-state index is 5.79. The molecule has 0 spiro atoms. The monoisotopic (exact) mass is 203 g/mol. The smallest absolute Gasteiger partial charge is 0.143 e. The van der Waals surface area contributed by atoms with Gasteiger partial charge < -0.3 is 16.0 Å². The molecule has 0 aliphatic carbocycles. The number of nitrogens with two attached hydrogens (primary N) is 1. The fourth-order valence-electron chi connectivity index (χ4n) is 1.45. The molecule has 0 amide bonds. The van der Waals surface area contributed by atoms with Gasteiger partial charge in [-0.3, -0.25) is 0 Å². The minimum absolute atomic E-state index is 0.505. The number of nitrogens with one attached hydrogen (secondary N) is 2. The van der Waals surface area contributed by atoms with E-state index in [4.69, 9.17) is 5.73 Å². The number of H-pyrrole nitrogens is 1. The number of hydrogen-bond donors (Lipinski definition) is 3. The van der Waals surface area contributed by atoms with E-state index in [1.807, 2.05) is 25.4 Å². The Hall–Kier alpha value is -1.88. The summed E-state index contributed by atoms with van der Waals surface area (Å²) in [5.74, 6) is 0.505. The molecule has 2 aromatic rings. The number of nitrogens with zero attached hydrogens (tertiary/aromatic N) is 2. The molecule has 0 atom stereocenters. The minimum atomic E-state index is 0.505. The predicted molar refractivity (Wildman–Crippen MR) is 61.3 cm³/mol. The predicted octanol–water partition coefficient (Wildman–Crippen LogP) is 0.773. The van der Waals surface area contributed by atoms with Crippen LogP contribution in [-0.4, -0.2) is 28.5 Å². The van der Waals surface area contributed by atoms with Gasteiger partial charge in [-0.15, -0.1) is 0 Å². The number of fused-ring (bicyclic) bond motifs is 1. The van der Waals surface area contributed by atoms with Crippen LogP contribution in [0.4, 0.5) is 5.82 Å². The molecule has 0 bridgehead atoms. The lowest BCUT2D eigenvalue weighted by Crippen LogP contribution is -2.03. The first-order valence-electron chi connectivity index (χ1n) is 4.71. The summed E-state index contributed by atoms with van der Waals surface area (Å²) >= 11 is 0. The van der Waals surface area contributed by atoms with Gasteiger partial charge in [0.25, 0.3) is 0 Å². The zero-order valence-electron chi connectivity index (χ0n) is 8.49. The van der Waals surface area contributed by atoms with E-state index in [1.165, 1.54) is 6.33 Å². The molecule has 5 nitrogen and oxygen atoms in total. The second-order valence-electron chi connectivity index (χ2n) is 3.19. The first-order chi connectivity index (χ1) is 7.33. The van der Waals surface area contributed by atoms with Gasteiger partial charge in [-0.25, -0.2) is 9.97 Å². The van der Waals surface area contributed by atoms with Gasteiger partial charge in [0.2, 0.25) is 0 Å². The highest BCUT2D eigenvalue weighted by atomic mass is 15.0. The van der Waals surface area contributed by atoms with Crippen molar-refractivity contribution < 1.29 is 0 Å². The van der Waals surface area contributed by atoms with Gasteiger partial charge in [-0.05, 0) is 7.05 Å². The Morgan fingerprint density at radius 2 is 2.40 bits per heavy atom. The lowest BCUT2D eigenvalue weighted by Gasteiger charge is -1.95. The Labute approximate surface area is 87.4 Å². The summed E-state index contributed by atoms with van der Waals surface area (Å²) in [6.45, 7) is 0.820. The fourth-order valence-corrected chi connectivity index (χ4v) is 1.45. The molecule has 0 aromatic carbocycles. The van der Waals surface area contributed by atoms with Gasteiger partial charge in [-0.1, -0.05) is 12.2 Å². The highest BCUT2D eigenvalue weighted by Gasteiger charge is 2.05. The Morgan fingerprint density at radius 3 is 3.20 bits per heavy atom. The van der Waals surface area contributed by atoms with Gasteiger partial charge in [-0.2, -0.15) is 0 Å². The van der Waals surface area contributed by atoms with Crippen molar-refractivity contribution in [1.82, 2.24) is 20.3 Å². The maximum Gasteiger partial charge on any atom is 0.143 e. The number of likely N-dealkylation sites (N-methyl/N-ethyl adjacent to an activating group) is 1. The van der Waals surface area contributed by atoms with Gasteiger partial charge in [0.15, 0.2) is 0 Å². The van der Waals surface area contributed by atoms with Crippen LogP contribution < -0.4 is 11.1 Å². The summed E-state index contributed by atoms with van der Waals surface area (Å²) in [7, 11) is 1.90. The summed E-state index contributed by atoms with van der Waals surface area (Å²) in [5.41, 5.74) is 7.57. The highest BCUT2D eigenvalue weighted by molar-refractivity contribution is 5.93. The first kappa shape index (κ1) is 9.67. The van der Waals surface area contributed by atoms with Crippen LogP contribution in [0.25, 0.3) is 17.1 Å². The normalized spacial score (nSPS) is 11.5. The first-order valence-corrected chi connectivity index (χ1v) is 4.71. The van der Waals surface area contributed by atoms with Crippen molar-refractivity contribution >= 4 is 22.9 Å². The maximum atomic E-state index is 5.79. The second-order valence-corrected chi connectivity index (χ2v) is 3.19. The van der Waals surface area contributed by atoms with E-state index in [2.05, 4.69) is 20.3 Å². The Balaban J connectivity index is 2.44. The molecular formula is C10H13N5. The largest absolute Gasteiger partial charge is 0.383 e. The number of nitrogen functional groups attached to an aromatic ring is 1. The van der Waals surface area contributed by atoms with Gasteiger partial charge in [0.1, 0.15) is 17.8 Å². The van der Waals surface area contributed by atoms with Crippen LogP contribution in [0.1, 0.15) is 5.56 Å². The number of anilines is 1. The van der Waals surface area contributed by atoms with Crippen molar-refractivity contribution in [3.05, 3.63) is 24.2 Å². The standard InChI is InChI=1S/C10H13N5/c1-12-4-2-3-7-5-13-10-8(7)9(11)14-6-15-10/h2-3,5-6,12H,4H2,1H3,(H3,11,13,14,15). The lowest BCUT2D eigenvalue weighted by molar-refractivity contribution is 0.922. The molecule has 0 saturated heterocycles. The van der Waals surface area contributed by atoms with Gasteiger partial charge in [0.05, 0.1) is 5.39 Å². The Bertz CT molecular complexity index is 486. The lowest BCUT2D eigenvalue weighted by atomic mass is 10.2. The highest BCUT2D eigenvalue weighted by Crippen LogP contribution is 2.21. The molecule has 0 fully saturated rings. The van der Waals surface area contributed by atoms with E-state index in [0.29, 0.717) is 5.82 Å². The van der Waals surface area contributed by atoms with Crippen molar-refractivity contribution in [2.45, 2.75) is 0 Å². The number of rotatable bonds is 3. The molecule has 5 heteroatoms. The van der Waals surface area contributed by atoms with Crippen molar-refractivity contribution in [3.63, 3.8) is 0 Å². The third-order valence-corrected chi connectivity index (χ3v) is 2.15. The average molecular weight is 203 g/mol. The van der Waals surface area contributed by atoms with Crippen molar-refractivity contribution in [1.29, 1.82) is 0 Å². The topological polar surface area (TPSA) is 79.6 Å². The summed E-state index contributed by atoms with van der Waals surface area (Å²) in [4.78, 5) is 11.1. The molecule has 0 radical (unpaired) electrons. The fraction of sp³-hybridized carbons (Fsp3) is 0.200. The summed E-state index contributed by atoms with van der Waals surface area (Å²) in [5, 5.41) is 3.91. The van der Waals surface area contributed by atoms with Crippen LogP contribution in [0.3, 0.4) is 0 Å². The quantitative estimate of drug-likeness (QED) is 0.688. The van der Waals surface area contributed by atoms with E-state index in [-0.39, 0.29) is 0 Å². The van der Waals surface area contributed by atoms with Crippen LogP contribution in [-0.2, 0) is 0 Å². The number of hydrogen-bond acceptors (Lipinski definition) is 4. The summed E-state index contributed by atoms with van der Waals surface area (Å²) in [6.07, 6.45) is 7.35. The molecule has 0 aliphatic heterocycles. The zero-order chi connectivity index (χ0) is 10.7. The van der Waals surface area contributed by atoms with Crippen molar-refractivity contribution in [3.8, 4) is 0 Å². The molecule has 2 heterocycles. The average Bonchev–Trinajstić information content (AvgIpc) is 2.63. The minimum Gasteiger partial charge on any atom is -0.383 e. The summed E-state index contributed by atoms with van der Waals surface area (Å²) in [6, 6.07) is 0. The molecule has 2 aromatic heterocycles. The van der Waals surface area contributed by atoms with E-state index in [9.17, 15) is 0 Å². The third-order valence-electron chi connectivity index (χ3n) is 2.15. The molecule has 0 aliphatic rings. The van der Waals surface area contributed by atoms with Crippen molar-refractivity contribution in [2.24, 2.45) is 0 Å². The van der Waals surface area contributed by atoms with Crippen molar-refractivity contribution in [2.75, 3.05) is 19.3 Å². The van der Waals surface area contributed by atoms with Crippen LogP contribution >= 0.6 is 0 Å². The van der Waals surface area contributed by atoms with Crippen LogP contribution in [0.5, 0.6) is 0 Å². The van der Waals surface area contributed by atoms with Gasteiger partial charge in [0, 0.05) is 18.3 Å². The molecule has 0 unspecified atom stereocenters. The van der Waals surface area contributed by atoms with Crippen LogP contribution in [0.15, 0.2) is 18.6 Å². The SMILES string of the molecule is CNCC=Cc1c[nH]c2ncnc(N)c12. The molecule has 0 saturated carbocycles. The molecule has 15 heavy (non-hydrogen) atoms. The third kappa shape index (κ3) is 1.82. The number of aromatic nitrogens is 3.